The van der Waals surface area contributed by atoms with Gasteiger partial charge in [0.05, 0.1) is 16.7 Å². The second-order valence-corrected chi connectivity index (χ2v) is 14.0. The van der Waals surface area contributed by atoms with Gasteiger partial charge in [0.25, 0.3) is 0 Å². The van der Waals surface area contributed by atoms with Crippen LogP contribution < -0.4 is 4.90 Å². The van der Waals surface area contributed by atoms with Gasteiger partial charge in [-0.25, -0.2) is 0 Å². The van der Waals surface area contributed by atoms with E-state index >= 15 is 0 Å². The molecule has 0 spiro atoms. The highest BCUT2D eigenvalue weighted by atomic mass is 15.1. The number of para-hydroxylation sites is 2. The van der Waals surface area contributed by atoms with Crippen LogP contribution in [0.5, 0.6) is 0 Å². The number of aryl methyl sites for hydroxylation is 1. The third-order valence-corrected chi connectivity index (χ3v) is 10.6. The molecular weight excluding hydrogens is 544 g/mol. The minimum atomic E-state index is -0.173. The van der Waals surface area contributed by atoms with E-state index in [1.54, 1.807) is 0 Å². The van der Waals surface area contributed by atoms with E-state index in [2.05, 4.69) is 171 Å². The van der Waals surface area contributed by atoms with Crippen molar-refractivity contribution in [2.24, 2.45) is 0 Å². The Morgan fingerprint density at radius 2 is 1.02 bits per heavy atom. The van der Waals surface area contributed by atoms with E-state index in [-0.39, 0.29) is 10.8 Å². The molecule has 2 heteroatoms. The van der Waals surface area contributed by atoms with Gasteiger partial charge in [-0.15, -0.1) is 0 Å². The zero-order valence-electron chi connectivity index (χ0n) is 26.5. The van der Waals surface area contributed by atoms with Crippen molar-refractivity contribution in [3.05, 3.63) is 155 Å². The maximum Gasteiger partial charge on any atom is 0.0583 e. The fraction of sp³-hybridized carbons (Fsp3) is 0.163. The zero-order chi connectivity index (χ0) is 30.7. The maximum absolute atomic E-state index is 2.60. The van der Waals surface area contributed by atoms with Crippen LogP contribution in [0.15, 0.2) is 127 Å². The molecule has 0 saturated carbocycles. The van der Waals surface area contributed by atoms with Crippen LogP contribution in [0.4, 0.5) is 17.1 Å². The number of fused-ring (bicyclic) bond motifs is 1. The minimum absolute atomic E-state index is 0.0833. The van der Waals surface area contributed by atoms with Gasteiger partial charge >= 0.3 is 0 Å². The fourth-order valence-corrected chi connectivity index (χ4v) is 8.17. The van der Waals surface area contributed by atoms with E-state index in [4.69, 9.17) is 0 Å². The molecule has 0 radical (unpaired) electrons. The lowest BCUT2D eigenvalue weighted by molar-refractivity contribution is 0.593. The molecule has 0 amide bonds. The van der Waals surface area contributed by atoms with Gasteiger partial charge in [0.2, 0.25) is 0 Å². The Hall–Kier alpha value is -5.08. The molecule has 0 atom stereocenters. The number of aromatic nitrogens is 1. The van der Waals surface area contributed by atoms with Crippen molar-refractivity contribution in [1.29, 1.82) is 0 Å². The molecule has 9 rings (SSSR count). The fourth-order valence-electron chi connectivity index (χ4n) is 8.17. The second kappa shape index (κ2) is 8.99. The lowest BCUT2D eigenvalue weighted by Crippen LogP contribution is -2.33. The first-order valence-electron chi connectivity index (χ1n) is 16.0. The van der Waals surface area contributed by atoms with E-state index in [0.29, 0.717) is 0 Å². The van der Waals surface area contributed by atoms with Crippen molar-refractivity contribution < 1.29 is 0 Å². The molecule has 0 unspecified atom stereocenters. The number of hydrogen-bond donors (Lipinski definition) is 0. The summed E-state index contributed by atoms with van der Waals surface area (Å²) >= 11 is 0. The van der Waals surface area contributed by atoms with E-state index in [9.17, 15) is 0 Å². The van der Waals surface area contributed by atoms with Crippen molar-refractivity contribution in [3.63, 3.8) is 0 Å². The first-order valence-corrected chi connectivity index (χ1v) is 16.0. The third kappa shape index (κ3) is 3.51. The Morgan fingerprint density at radius 1 is 0.467 bits per heavy atom. The number of anilines is 3. The Kier molecular flexibility index (Phi) is 5.26. The monoisotopic (exact) mass is 580 g/mol. The van der Waals surface area contributed by atoms with E-state index in [0.717, 1.165) is 11.4 Å². The van der Waals surface area contributed by atoms with Crippen molar-refractivity contribution in [1.82, 2.24) is 4.57 Å². The van der Waals surface area contributed by atoms with Gasteiger partial charge in [-0.05, 0) is 76.7 Å². The Balaban J connectivity index is 1.35. The van der Waals surface area contributed by atoms with Crippen molar-refractivity contribution >= 4 is 38.9 Å². The molecule has 45 heavy (non-hydrogen) atoms. The van der Waals surface area contributed by atoms with Crippen LogP contribution in [0.25, 0.3) is 38.6 Å². The maximum atomic E-state index is 2.60. The number of benzene rings is 6. The summed E-state index contributed by atoms with van der Waals surface area (Å²) in [4.78, 5) is 2.43. The molecular formula is C43H36N2. The molecule has 3 heterocycles. The molecule has 2 aliphatic rings. The minimum Gasteiger partial charge on any atom is -0.310 e. The van der Waals surface area contributed by atoms with Gasteiger partial charge in [0.15, 0.2) is 0 Å². The lowest BCUT2D eigenvalue weighted by atomic mass is 9.68. The van der Waals surface area contributed by atoms with Gasteiger partial charge in [-0.2, -0.15) is 0 Å². The Bertz CT molecular complexity index is 2300. The third-order valence-electron chi connectivity index (χ3n) is 10.6. The highest BCUT2D eigenvalue weighted by Gasteiger charge is 2.43. The first-order chi connectivity index (χ1) is 21.7. The van der Waals surface area contributed by atoms with Crippen molar-refractivity contribution in [2.45, 2.75) is 45.4 Å². The molecule has 2 aliphatic heterocycles. The first kappa shape index (κ1) is 26.3. The lowest BCUT2D eigenvalue weighted by Gasteiger charge is -2.42. The van der Waals surface area contributed by atoms with Crippen LogP contribution >= 0.6 is 0 Å². The van der Waals surface area contributed by atoms with Crippen LogP contribution in [-0.2, 0) is 10.8 Å². The highest BCUT2D eigenvalue weighted by Crippen LogP contribution is 2.56. The van der Waals surface area contributed by atoms with Crippen LogP contribution in [0.3, 0.4) is 0 Å². The van der Waals surface area contributed by atoms with Crippen LogP contribution in [-0.4, -0.2) is 4.57 Å². The summed E-state index contributed by atoms with van der Waals surface area (Å²) in [5, 5.41) is 2.66. The largest absolute Gasteiger partial charge is 0.310 e. The van der Waals surface area contributed by atoms with Gasteiger partial charge in [0, 0.05) is 38.7 Å². The number of rotatable bonds is 4. The normalized spacial score (nSPS) is 15.1. The number of nitrogens with zero attached hydrogens (tertiary/aromatic N) is 2. The smallest absolute Gasteiger partial charge is 0.0583 e. The average molecular weight is 581 g/mol. The highest BCUT2D eigenvalue weighted by molar-refractivity contribution is 6.15. The standard InChI is InChI=1S/C43H36N2/c1-27-17-21-30(22-18-27)44(31-23-19-29(20-24-31)28-11-7-6-8-12-28)32-25-34-33-13-9-14-35-39(33)45-40(34)38(26-32)43(4,5)37-16-10-15-36(41(37)45)42(35,2)3/h6-26H,1-5H3. The van der Waals surface area contributed by atoms with E-state index < -0.39 is 0 Å². The summed E-state index contributed by atoms with van der Waals surface area (Å²) in [7, 11) is 0. The van der Waals surface area contributed by atoms with E-state index in [1.165, 1.54) is 72.1 Å². The molecule has 0 bridgehead atoms. The van der Waals surface area contributed by atoms with Crippen molar-refractivity contribution in [2.75, 3.05) is 4.90 Å². The molecule has 218 valence electrons. The number of hydrogen-bond acceptors (Lipinski definition) is 1. The summed E-state index contributed by atoms with van der Waals surface area (Å²) < 4.78 is 2.60. The van der Waals surface area contributed by atoms with Gasteiger partial charge < -0.3 is 9.47 Å². The quantitative estimate of drug-likeness (QED) is 0.201. The molecule has 2 nitrogen and oxygen atoms in total. The Labute approximate surface area is 265 Å². The molecule has 7 aromatic rings. The Morgan fingerprint density at radius 3 is 1.71 bits per heavy atom. The summed E-state index contributed by atoms with van der Waals surface area (Å²) in [6.45, 7) is 11.8. The van der Waals surface area contributed by atoms with Crippen LogP contribution in [0.2, 0.25) is 0 Å². The van der Waals surface area contributed by atoms with Gasteiger partial charge in [0.1, 0.15) is 0 Å². The summed E-state index contributed by atoms with van der Waals surface area (Å²) in [5.74, 6) is 0. The summed E-state index contributed by atoms with van der Waals surface area (Å²) in [5.41, 5.74) is 16.6. The SMILES string of the molecule is Cc1ccc(N(c2ccc(-c3ccccc3)cc2)c2cc3c4c(c2)c2cccc5c2n4-c2c(cccc2C3(C)C)C5(C)C)cc1. The van der Waals surface area contributed by atoms with Gasteiger partial charge in [-0.3, -0.25) is 0 Å². The van der Waals surface area contributed by atoms with Crippen molar-refractivity contribution in [3.8, 4) is 16.8 Å². The van der Waals surface area contributed by atoms with Crippen LogP contribution in [0.1, 0.15) is 55.5 Å². The molecule has 0 N–H and O–H groups in total. The summed E-state index contributed by atoms with van der Waals surface area (Å²) in [6, 6.07) is 47.4. The van der Waals surface area contributed by atoms with E-state index in [1.807, 2.05) is 0 Å². The average Bonchev–Trinajstić information content (AvgIpc) is 3.39. The van der Waals surface area contributed by atoms with Gasteiger partial charge in [-0.1, -0.05) is 124 Å². The molecule has 0 fully saturated rings. The molecule has 0 aliphatic carbocycles. The molecule has 0 saturated heterocycles. The molecule has 1 aromatic heterocycles. The topological polar surface area (TPSA) is 8.17 Å². The zero-order valence-corrected chi connectivity index (χ0v) is 26.5. The second-order valence-electron chi connectivity index (χ2n) is 14.0. The summed E-state index contributed by atoms with van der Waals surface area (Å²) in [6.07, 6.45) is 0. The molecule has 6 aromatic carbocycles. The predicted molar refractivity (Wildman–Crippen MR) is 190 cm³/mol. The van der Waals surface area contributed by atoms with Crippen LogP contribution in [0, 0.1) is 6.92 Å². The predicted octanol–water partition coefficient (Wildman–Crippen LogP) is 11.5.